The molecule has 138 valence electrons. The average Bonchev–Trinajstić information content (AvgIpc) is 2.61. The molecule has 5 nitrogen and oxygen atoms in total. The zero-order chi connectivity index (χ0) is 19.6. The minimum absolute atomic E-state index is 0.0768. The first-order chi connectivity index (χ1) is 12.8. The highest BCUT2D eigenvalue weighted by atomic mass is 35.5. The van der Waals surface area contributed by atoms with Gasteiger partial charge >= 0.3 is 0 Å². The van der Waals surface area contributed by atoms with E-state index in [4.69, 9.17) is 11.6 Å². The van der Waals surface area contributed by atoms with Crippen molar-refractivity contribution in [2.75, 3.05) is 10.6 Å². The van der Waals surface area contributed by atoms with Gasteiger partial charge in [0.05, 0.1) is 0 Å². The summed E-state index contributed by atoms with van der Waals surface area (Å²) in [6.45, 7) is 3.53. The third-order valence-electron chi connectivity index (χ3n) is 3.69. The molecule has 3 rings (SSSR count). The summed E-state index contributed by atoms with van der Waals surface area (Å²) in [6, 6.07) is 9.98. The van der Waals surface area contributed by atoms with Crippen molar-refractivity contribution in [3.8, 4) is 0 Å². The zero-order valence-corrected chi connectivity index (χ0v) is 15.2. The predicted octanol–water partition coefficient (Wildman–Crippen LogP) is 5.02. The lowest BCUT2D eigenvalue weighted by Gasteiger charge is -2.10. The monoisotopic (exact) mass is 388 g/mol. The molecule has 0 aliphatic heterocycles. The van der Waals surface area contributed by atoms with Crippen LogP contribution in [0.5, 0.6) is 0 Å². The number of hydrogen-bond acceptors (Lipinski definition) is 4. The van der Waals surface area contributed by atoms with Crippen LogP contribution in [0.4, 0.5) is 26.0 Å². The van der Waals surface area contributed by atoms with E-state index in [1.54, 1.807) is 13.0 Å². The number of carbonyl (C=O) groups is 1. The summed E-state index contributed by atoms with van der Waals surface area (Å²) in [4.78, 5) is 20.7. The van der Waals surface area contributed by atoms with E-state index in [9.17, 15) is 13.6 Å². The normalized spacial score (nSPS) is 10.6. The van der Waals surface area contributed by atoms with E-state index in [1.165, 1.54) is 12.1 Å². The summed E-state index contributed by atoms with van der Waals surface area (Å²) in [6.07, 6.45) is 0. The lowest BCUT2D eigenvalue weighted by molar-refractivity contribution is 0.102. The molecule has 8 heteroatoms. The second kappa shape index (κ2) is 7.67. The van der Waals surface area contributed by atoms with Crippen LogP contribution in [0.25, 0.3) is 0 Å². The Morgan fingerprint density at radius 3 is 2.41 bits per heavy atom. The van der Waals surface area contributed by atoms with Gasteiger partial charge in [-0.3, -0.25) is 4.79 Å². The average molecular weight is 389 g/mol. The molecule has 0 atom stereocenters. The van der Waals surface area contributed by atoms with Crippen LogP contribution in [0.1, 0.15) is 21.9 Å². The van der Waals surface area contributed by atoms with Crippen molar-refractivity contribution in [2.24, 2.45) is 0 Å². The molecule has 0 spiro atoms. The Hall–Kier alpha value is -3.06. The van der Waals surface area contributed by atoms with Gasteiger partial charge in [-0.15, -0.1) is 0 Å². The van der Waals surface area contributed by atoms with Crippen LogP contribution in [-0.2, 0) is 0 Å². The van der Waals surface area contributed by atoms with E-state index >= 15 is 0 Å². The Morgan fingerprint density at radius 2 is 1.70 bits per heavy atom. The van der Waals surface area contributed by atoms with Gasteiger partial charge in [0.2, 0.25) is 0 Å². The molecule has 0 aliphatic rings. The molecule has 0 aliphatic carbocycles. The largest absolute Gasteiger partial charge is 0.340 e. The minimum Gasteiger partial charge on any atom is -0.340 e. The van der Waals surface area contributed by atoms with Crippen molar-refractivity contribution in [3.63, 3.8) is 0 Å². The Kier molecular flexibility index (Phi) is 5.32. The summed E-state index contributed by atoms with van der Waals surface area (Å²) >= 11 is 6.11. The van der Waals surface area contributed by atoms with Crippen LogP contribution in [0, 0.1) is 25.5 Å². The van der Waals surface area contributed by atoms with Crippen LogP contribution >= 0.6 is 11.6 Å². The summed E-state index contributed by atoms with van der Waals surface area (Å²) < 4.78 is 26.3. The molecular formula is C19H15ClF2N4O. The number of benzene rings is 2. The molecule has 2 aromatic carbocycles. The molecule has 0 bridgehead atoms. The standard InChI is InChI=1S/C19H15ClF2N4O/c1-10-3-4-12(7-14(10)20)25-18-9-17(23-11(2)24-18)19(27)26-13-5-6-15(21)16(22)8-13/h3-9H,1-2H3,(H,26,27)(H,23,24,25). The number of rotatable bonds is 4. The summed E-state index contributed by atoms with van der Waals surface area (Å²) in [5.74, 6) is -1.85. The fourth-order valence-electron chi connectivity index (χ4n) is 2.34. The molecule has 0 unspecified atom stereocenters. The van der Waals surface area contributed by atoms with Gasteiger partial charge in [-0.05, 0) is 43.7 Å². The van der Waals surface area contributed by atoms with E-state index in [1.807, 2.05) is 19.1 Å². The van der Waals surface area contributed by atoms with E-state index in [0.717, 1.165) is 17.7 Å². The second-order valence-corrected chi connectivity index (χ2v) is 6.26. The molecular weight excluding hydrogens is 374 g/mol. The molecule has 1 aromatic heterocycles. The summed E-state index contributed by atoms with van der Waals surface area (Å²) in [5, 5.41) is 6.14. The number of aromatic nitrogens is 2. The Morgan fingerprint density at radius 1 is 0.963 bits per heavy atom. The molecule has 0 fully saturated rings. The van der Waals surface area contributed by atoms with Crippen molar-refractivity contribution in [1.82, 2.24) is 9.97 Å². The molecule has 27 heavy (non-hydrogen) atoms. The van der Waals surface area contributed by atoms with Crippen LogP contribution in [0.15, 0.2) is 42.5 Å². The molecule has 3 aromatic rings. The first kappa shape index (κ1) is 18.7. The Labute approximate surface area is 159 Å². The van der Waals surface area contributed by atoms with Gasteiger partial charge in [0.1, 0.15) is 17.3 Å². The predicted molar refractivity (Wildman–Crippen MR) is 101 cm³/mol. The molecule has 0 saturated heterocycles. The van der Waals surface area contributed by atoms with Crippen molar-refractivity contribution in [1.29, 1.82) is 0 Å². The zero-order valence-electron chi connectivity index (χ0n) is 14.5. The van der Waals surface area contributed by atoms with Gasteiger partial charge in [-0.25, -0.2) is 18.7 Å². The Bertz CT molecular complexity index is 1030. The maximum atomic E-state index is 13.3. The third kappa shape index (κ3) is 4.57. The van der Waals surface area contributed by atoms with Crippen LogP contribution in [0.3, 0.4) is 0 Å². The smallest absolute Gasteiger partial charge is 0.274 e. The van der Waals surface area contributed by atoms with Crippen molar-refractivity contribution in [3.05, 3.63) is 76.2 Å². The summed E-state index contributed by atoms with van der Waals surface area (Å²) in [5.41, 5.74) is 1.84. The van der Waals surface area contributed by atoms with Gasteiger partial charge < -0.3 is 10.6 Å². The summed E-state index contributed by atoms with van der Waals surface area (Å²) in [7, 11) is 0. The first-order valence-corrected chi connectivity index (χ1v) is 8.35. The number of anilines is 3. The first-order valence-electron chi connectivity index (χ1n) is 7.97. The molecule has 2 N–H and O–H groups in total. The number of aryl methyl sites for hydroxylation is 2. The molecule has 0 saturated carbocycles. The molecule has 1 amide bonds. The maximum Gasteiger partial charge on any atom is 0.274 e. The van der Waals surface area contributed by atoms with Crippen molar-refractivity contribution < 1.29 is 13.6 Å². The van der Waals surface area contributed by atoms with Crippen LogP contribution < -0.4 is 10.6 Å². The number of nitrogens with one attached hydrogen (secondary N) is 2. The number of halogens is 3. The van der Waals surface area contributed by atoms with Gasteiger partial charge in [-0.1, -0.05) is 17.7 Å². The number of amides is 1. The number of carbonyl (C=O) groups excluding carboxylic acids is 1. The number of hydrogen-bond donors (Lipinski definition) is 2. The van der Waals surface area contributed by atoms with E-state index in [0.29, 0.717) is 22.4 Å². The molecule has 1 heterocycles. The van der Waals surface area contributed by atoms with Gasteiger partial charge in [0, 0.05) is 28.5 Å². The second-order valence-electron chi connectivity index (χ2n) is 5.86. The number of nitrogens with zero attached hydrogens (tertiary/aromatic N) is 2. The fraction of sp³-hybridized carbons (Fsp3) is 0.105. The molecule has 0 radical (unpaired) electrons. The van der Waals surface area contributed by atoms with Gasteiger partial charge in [0.15, 0.2) is 11.6 Å². The maximum absolute atomic E-state index is 13.3. The van der Waals surface area contributed by atoms with Crippen LogP contribution in [0.2, 0.25) is 5.02 Å². The topological polar surface area (TPSA) is 66.9 Å². The highest BCUT2D eigenvalue weighted by molar-refractivity contribution is 6.31. The van der Waals surface area contributed by atoms with Crippen LogP contribution in [-0.4, -0.2) is 15.9 Å². The van der Waals surface area contributed by atoms with E-state index < -0.39 is 17.5 Å². The van der Waals surface area contributed by atoms with Crippen molar-refractivity contribution >= 4 is 34.7 Å². The minimum atomic E-state index is -1.05. The SMILES string of the molecule is Cc1nc(Nc2ccc(C)c(Cl)c2)cc(C(=O)Nc2ccc(F)c(F)c2)n1. The lowest BCUT2D eigenvalue weighted by atomic mass is 10.2. The third-order valence-corrected chi connectivity index (χ3v) is 4.10. The van der Waals surface area contributed by atoms with E-state index in [2.05, 4.69) is 20.6 Å². The van der Waals surface area contributed by atoms with Crippen molar-refractivity contribution in [2.45, 2.75) is 13.8 Å². The van der Waals surface area contributed by atoms with E-state index in [-0.39, 0.29) is 11.4 Å². The fourth-order valence-corrected chi connectivity index (χ4v) is 2.52. The lowest BCUT2D eigenvalue weighted by Crippen LogP contribution is -2.15. The Balaban J connectivity index is 1.82. The van der Waals surface area contributed by atoms with Gasteiger partial charge in [-0.2, -0.15) is 0 Å². The quantitative estimate of drug-likeness (QED) is 0.658. The highest BCUT2D eigenvalue weighted by Gasteiger charge is 2.13. The highest BCUT2D eigenvalue weighted by Crippen LogP contribution is 2.23. The van der Waals surface area contributed by atoms with Gasteiger partial charge in [0.25, 0.3) is 5.91 Å².